The summed E-state index contributed by atoms with van der Waals surface area (Å²) < 4.78 is 23.0. The molecule has 0 aromatic heterocycles. The lowest BCUT2D eigenvalue weighted by atomic mass is 9.78. The Bertz CT molecular complexity index is 1060. The summed E-state index contributed by atoms with van der Waals surface area (Å²) in [6, 6.07) is -0.375. The minimum Gasteiger partial charge on any atom is -0.463 e. The number of likely N-dealkylation sites (tertiary alicyclic amines) is 1. The van der Waals surface area contributed by atoms with Crippen LogP contribution in [-0.2, 0) is 33.3 Å². The van der Waals surface area contributed by atoms with Gasteiger partial charge in [-0.25, -0.2) is 0 Å². The Morgan fingerprint density at radius 1 is 1.13 bits per heavy atom. The van der Waals surface area contributed by atoms with Crippen molar-refractivity contribution in [2.45, 2.75) is 101 Å². The number of carbonyl (C=O) groups excluding carboxylic acids is 3. The maximum absolute atomic E-state index is 14.2. The molecule has 3 aliphatic heterocycles. The van der Waals surface area contributed by atoms with Gasteiger partial charge in [-0.15, -0.1) is 0 Å². The summed E-state index contributed by atoms with van der Waals surface area (Å²) in [5.41, 5.74) is -0.993. The van der Waals surface area contributed by atoms with E-state index in [0.717, 1.165) is 6.42 Å². The molecule has 0 aromatic carbocycles. The topological polar surface area (TPSA) is 121 Å². The first kappa shape index (κ1) is 39.1. The van der Waals surface area contributed by atoms with Crippen LogP contribution in [0.1, 0.15) is 53.9 Å². The third-order valence-electron chi connectivity index (χ3n) is 10.2. The molecule has 3 saturated heterocycles. The number of methoxy groups -OCH3 is 1. The summed E-state index contributed by atoms with van der Waals surface area (Å²) in [6.07, 6.45) is -1.11. The molecular formula is C33H60N4O8S. The van der Waals surface area contributed by atoms with E-state index in [1.54, 1.807) is 14.0 Å². The molecule has 0 aromatic rings. The van der Waals surface area contributed by atoms with Gasteiger partial charge in [0, 0.05) is 44.7 Å². The molecule has 12 nitrogen and oxygen atoms in total. The first-order chi connectivity index (χ1) is 21.3. The summed E-state index contributed by atoms with van der Waals surface area (Å²) in [7, 11) is 11.2. The van der Waals surface area contributed by atoms with Crippen LogP contribution in [0.15, 0.2) is 0 Å². The lowest BCUT2D eigenvalue weighted by molar-refractivity contribution is -0.295. The van der Waals surface area contributed by atoms with Gasteiger partial charge in [0.15, 0.2) is 16.8 Å². The Morgan fingerprint density at radius 2 is 1.78 bits per heavy atom. The van der Waals surface area contributed by atoms with E-state index in [4.69, 9.17) is 18.9 Å². The van der Waals surface area contributed by atoms with E-state index in [1.165, 1.54) is 6.92 Å². The van der Waals surface area contributed by atoms with Crippen LogP contribution in [0.2, 0.25) is 0 Å². The molecule has 0 radical (unpaired) electrons. The Kier molecular flexibility index (Phi) is 13.5. The van der Waals surface area contributed by atoms with Crippen molar-refractivity contribution in [1.82, 2.24) is 19.6 Å². The van der Waals surface area contributed by atoms with Crippen LogP contribution in [0.4, 0.5) is 0 Å². The highest BCUT2D eigenvalue weighted by atomic mass is 32.1. The number of aliphatic hydroxyl groups excluding tert-OH is 1. The number of amides is 1. The Morgan fingerprint density at radius 3 is 2.37 bits per heavy atom. The van der Waals surface area contributed by atoms with Crippen LogP contribution in [0.3, 0.4) is 0 Å². The molecule has 0 aliphatic carbocycles. The standard InChI is InChI=1S/C33H60N4O8S/c1-20-15-32(4,42-11)29(45-30-27(39)24(35(8)9)14-21(2)44-30)22(3)28(40)33(5,46)31(41)43-19-25(36(10)16-20)23-12-13-37(17-23)26(38)18-34(6)7/h20-25,27,29-30,39,46H,12-19H2,1-11H3/t20-,21-,22+,23-,24+,25+,27-,29-,30+,32-,33+/m1/s1. The zero-order valence-electron chi connectivity index (χ0n) is 29.9. The number of thiol groups is 1. The molecule has 0 bridgehead atoms. The number of aliphatic hydroxyl groups is 1. The van der Waals surface area contributed by atoms with Crippen LogP contribution in [0, 0.1) is 17.8 Å². The van der Waals surface area contributed by atoms with Crippen LogP contribution in [0.5, 0.6) is 0 Å². The molecule has 3 heterocycles. The Hall–Kier alpha value is -1.32. The number of Topliss-reactive ketones (excluding diaryl/α,β-unsaturated/α-hetero) is 1. The quantitative estimate of drug-likeness (QED) is 0.232. The van der Waals surface area contributed by atoms with Gasteiger partial charge in [-0.05, 0) is 87.1 Å². The number of nitrogens with zero attached hydrogens (tertiary/aromatic N) is 4. The predicted molar refractivity (Wildman–Crippen MR) is 179 cm³/mol. The smallest absolute Gasteiger partial charge is 0.329 e. The van der Waals surface area contributed by atoms with Crippen molar-refractivity contribution in [3.63, 3.8) is 0 Å². The van der Waals surface area contributed by atoms with Gasteiger partial charge >= 0.3 is 5.97 Å². The summed E-state index contributed by atoms with van der Waals surface area (Å²) in [6.45, 7) is 11.4. The number of rotatable bonds is 7. The maximum Gasteiger partial charge on any atom is 0.329 e. The van der Waals surface area contributed by atoms with E-state index in [0.29, 0.717) is 39.0 Å². The second-order valence-electron chi connectivity index (χ2n) is 14.9. The van der Waals surface area contributed by atoms with Crippen molar-refractivity contribution in [1.29, 1.82) is 0 Å². The average molecular weight is 673 g/mol. The van der Waals surface area contributed by atoms with Crippen molar-refractivity contribution in [3.8, 4) is 0 Å². The SMILES string of the molecule is CO[C@]1(C)C[C@@H](C)CN(C)[C@H]([C@@H]2CCN(C(=O)CN(C)C)C2)COC(=O)[C@@](C)(S)C(=O)[C@H](C)[C@H]1O[C@@H]1O[C@H](C)C[C@H](N(C)C)[C@H]1O. The van der Waals surface area contributed by atoms with Crippen molar-refractivity contribution in [2.24, 2.45) is 17.8 Å². The van der Waals surface area contributed by atoms with Crippen molar-refractivity contribution in [2.75, 3.05) is 75.1 Å². The van der Waals surface area contributed by atoms with Crippen LogP contribution < -0.4 is 0 Å². The minimum absolute atomic E-state index is 0.0724. The number of cyclic esters (lactones) is 1. The number of ether oxygens (including phenoxy) is 4. The summed E-state index contributed by atoms with van der Waals surface area (Å²) >= 11 is 4.60. The highest BCUT2D eigenvalue weighted by molar-refractivity contribution is 7.83. The number of hydrogen-bond acceptors (Lipinski definition) is 12. The van der Waals surface area contributed by atoms with Gasteiger partial charge in [0.05, 0.1) is 24.4 Å². The van der Waals surface area contributed by atoms with E-state index in [-0.39, 0.29) is 42.5 Å². The predicted octanol–water partition coefficient (Wildman–Crippen LogP) is 1.39. The third-order valence-corrected chi connectivity index (χ3v) is 10.7. The number of hydrogen-bond donors (Lipinski definition) is 2. The van der Waals surface area contributed by atoms with E-state index in [9.17, 15) is 19.5 Å². The fourth-order valence-electron chi connectivity index (χ4n) is 7.59. The van der Waals surface area contributed by atoms with Crippen LogP contribution in [0.25, 0.3) is 0 Å². The largest absolute Gasteiger partial charge is 0.463 e. The summed E-state index contributed by atoms with van der Waals surface area (Å²) in [5, 5.41) is 11.3. The lowest BCUT2D eigenvalue weighted by Crippen LogP contribution is -2.60. The molecule has 266 valence electrons. The fraction of sp³-hybridized carbons (Fsp3) is 0.909. The first-order valence-electron chi connectivity index (χ1n) is 16.6. The van der Waals surface area contributed by atoms with Crippen molar-refractivity contribution < 1.29 is 38.4 Å². The fourth-order valence-corrected chi connectivity index (χ4v) is 7.86. The number of esters is 1. The van der Waals surface area contributed by atoms with Gasteiger partial charge in [0.1, 0.15) is 12.7 Å². The monoisotopic (exact) mass is 672 g/mol. The first-order valence-corrected chi connectivity index (χ1v) is 17.0. The minimum atomic E-state index is -1.77. The molecule has 3 rings (SSSR count). The number of likely N-dealkylation sites (N-methyl/N-ethyl adjacent to an activating group) is 3. The average Bonchev–Trinajstić information content (AvgIpc) is 3.45. The highest BCUT2D eigenvalue weighted by Gasteiger charge is 2.52. The highest BCUT2D eigenvalue weighted by Crippen LogP contribution is 2.38. The van der Waals surface area contributed by atoms with E-state index in [1.807, 2.05) is 63.8 Å². The molecule has 0 spiro atoms. The zero-order chi connectivity index (χ0) is 34.7. The molecule has 0 saturated carbocycles. The van der Waals surface area contributed by atoms with Gasteiger partial charge in [0.2, 0.25) is 5.91 Å². The number of carbonyl (C=O) groups is 3. The summed E-state index contributed by atoms with van der Waals surface area (Å²) in [5.74, 6) is -1.82. The van der Waals surface area contributed by atoms with Gasteiger partial charge < -0.3 is 38.8 Å². The molecule has 1 N–H and O–H groups in total. The maximum atomic E-state index is 14.2. The second kappa shape index (κ2) is 15.9. The van der Waals surface area contributed by atoms with Gasteiger partial charge in [-0.3, -0.25) is 19.3 Å². The molecule has 11 atom stereocenters. The van der Waals surface area contributed by atoms with Crippen LogP contribution in [-0.4, -0.2) is 165 Å². The molecule has 46 heavy (non-hydrogen) atoms. The normalized spacial score (nSPS) is 40.8. The summed E-state index contributed by atoms with van der Waals surface area (Å²) in [4.78, 5) is 48.5. The van der Waals surface area contributed by atoms with Crippen molar-refractivity contribution in [3.05, 3.63) is 0 Å². The van der Waals surface area contributed by atoms with E-state index in [2.05, 4.69) is 24.5 Å². The Balaban J connectivity index is 1.95. The van der Waals surface area contributed by atoms with E-state index >= 15 is 0 Å². The third kappa shape index (κ3) is 9.02. The molecule has 3 aliphatic rings. The second-order valence-corrected chi connectivity index (χ2v) is 15.8. The molecule has 13 heteroatoms. The molecular weight excluding hydrogens is 612 g/mol. The van der Waals surface area contributed by atoms with Crippen LogP contribution >= 0.6 is 12.6 Å². The Labute approximate surface area is 281 Å². The lowest BCUT2D eigenvalue weighted by Gasteiger charge is -2.47. The molecule has 0 unspecified atom stereocenters. The van der Waals surface area contributed by atoms with Gasteiger partial charge in [-0.2, -0.15) is 12.6 Å². The zero-order valence-corrected chi connectivity index (χ0v) is 30.8. The van der Waals surface area contributed by atoms with Gasteiger partial charge in [-0.1, -0.05) is 13.8 Å². The van der Waals surface area contributed by atoms with Gasteiger partial charge in [0.25, 0.3) is 0 Å². The number of ketones is 1. The molecule has 3 fully saturated rings. The molecule has 1 amide bonds. The van der Waals surface area contributed by atoms with E-state index < -0.39 is 46.5 Å². The van der Waals surface area contributed by atoms with Crippen molar-refractivity contribution >= 4 is 30.3 Å².